The van der Waals surface area contributed by atoms with Crippen LogP contribution in [0.1, 0.15) is 16.7 Å². The molecule has 0 atom stereocenters. The molecule has 0 radical (unpaired) electrons. The van der Waals surface area contributed by atoms with E-state index in [1.165, 1.54) is 18.2 Å². The molecule has 128 valence electrons. The molecule has 0 aromatic heterocycles. The number of halogens is 3. The van der Waals surface area contributed by atoms with Gasteiger partial charge in [-0.15, -0.1) is 0 Å². The van der Waals surface area contributed by atoms with Crippen LogP contribution in [0.4, 0.5) is 18.9 Å². The Morgan fingerprint density at radius 1 is 0.880 bits per heavy atom. The molecule has 4 heteroatoms. The largest absolute Gasteiger partial charge is 0.378 e. The van der Waals surface area contributed by atoms with Crippen LogP contribution in [0.2, 0.25) is 0 Å². The Bertz CT molecular complexity index is 899. The lowest BCUT2D eigenvalue weighted by molar-refractivity contribution is 0.611. The Balaban J connectivity index is 1.95. The van der Waals surface area contributed by atoms with E-state index in [0.717, 1.165) is 11.1 Å². The molecule has 3 rings (SSSR count). The minimum atomic E-state index is -0.433. The summed E-state index contributed by atoms with van der Waals surface area (Å²) in [6.45, 7) is 3.77. The number of benzene rings is 3. The second kappa shape index (κ2) is 7.01. The highest BCUT2D eigenvalue weighted by Gasteiger charge is 2.13. The number of aryl methyl sites for hydroxylation is 2. The standard InChI is InChI=1S/C21H18F3N/c1-13-9-16(12-25-21-14(2)5-3-8-19(21)23)20(24)18(10-13)15-6-4-7-17(22)11-15/h3-11,25H,12H2,1-2H3. The molecule has 0 fully saturated rings. The van der Waals surface area contributed by atoms with Gasteiger partial charge in [0.05, 0.1) is 5.69 Å². The normalized spacial score (nSPS) is 10.8. The van der Waals surface area contributed by atoms with Gasteiger partial charge in [0, 0.05) is 17.7 Å². The predicted molar refractivity (Wildman–Crippen MR) is 95.0 cm³/mol. The molecule has 3 aromatic rings. The first kappa shape index (κ1) is 17.1. The number of hydrogen-bond donors (Lipinski definition) is 1. The van der Waals surface area contributed by atoms with E-state index < -0.39 is 11.6 Å². The predicted octanol–water partition coefficient (Wildman–Crippen LogP) is 6.00. The SMILES string of the molecule is Cc1cc(CNc2c(C)cccc2F)c(F)c(-c2cccc(F)c2)c1. The molecular weight excluding hydrogens is 323 g/mol. The molecule has 1 N–H and O–H groups in total. The first-order chi connectivity index (χ1) is 12.0. The Kier molecular flexibility index (Phi) is 4.79. The minimum Gasteiger partial charge on any atom is -0.378 e. The summed E-state index contributed by atoms with van der Waals surface area (Å²) in [5, 5.41) is 2.97. The van der Waals surface area contributed by atoms with E-state index in [2.05, 4.69) is 5.32 Å². The van der Waals surface area contributed by atoms with E-state index in [1.807, 2.05) is 6.92 Å². The molecule has 0 unspecified atom stereocenters. The second-order valence-corrected chi connectivity index (χ2v) is 6.08. The van der Waals surface area contributed by atoms with Gasteiger partial charge < -0.3 is 5.32 Å². The van der Waals surface area contributed by atoms with Gasteiger partial charge in [0.25, 0.3) is 0 Å². The number of rotatable bonds is 4. The van der Waals surface area contributed by atoms with Crippen molar-refractivity contribution in [2.45, 2.75) is 20.4 Å². The van der Waals surface area contributed by atoms with Gasteiger partial charge >= 0.3 is 0 Å². The van der Waals surface area contributed by atoms with Crippen molar-refractivity contribution in [2.24, 2.45) is 0 Å². The molecule has 0 aliphatic heterocycles. The van der Waals surface area contributed by atoms with Crippen LogP contribution in [0, 0.1) is 31.3 Å². The Hall–Kier alpha value is -2.75. The van der Waals surface area contributed by atoms with Crippen LogP contribution in [0.5, 0.6) is 0 Å². The van der Waals surface area contributed by atoms with Gasteiger partial charge in [-0.3, -0.25) is 0 Å². The molecule has 0 aliphatic rings. The van der Waals surface area contributed by atoms with Crippen molar-refractivity contribution in [3.8, 4) is 11.1 Å². The van der Waals surface area contributed by atoms with Gasteiger partial charge in [-0.25, -0.2) is 13.2 Å². The van der Waals surface area contributed by atoms with E-state index in [1.54, 1.807) is 43.3 Å². The lowest BCUT2D eigenvalue weighted by Gasteiger charge is -2.14. The van der Waals surface area contributed by atoms with E-state index in [9.17, 15) is 13.2 Å². The van der Waals surface area contributed by atoms with Crippen molar-refractivity contribution in [2.75, 3.05) is 5.32 Å². The summed E-state index contributed by atoms with van der Waals surface area (Å²) in [5.41, 5.74) is 3.17. The van der Waals surface area contributed by atoms with Crippen LogP contribution in [-0.4, -0.2) is 0 Å². The lowest BCUT2D eigenvalue weighted by atomic mass is 9.99. The Morgan fingerprint density at radius 3 is 2.36 bits per heavy atom. The Morgan fingerprint density at radius 2 is 1.64 bits per heavy atom. The molecule has 0 amide bonds. The highest BCUT2D eigenvalue weighted by molar-refractivity contribution is 5.66. The Labute approximate surface area is 145 Å². The molecule has 3 aromatic carbocycles. The molecule has 0 saturated carbocycles. The summed E-state index contributed by atoms with van der Waals surface area (Å²) in [6.07, 6.45) is 0. The van der Waals surface area contributed by atoms with Crippen molar-refractivity contribution in [3.05, 3.63) is 88.7 Å². The van der Waals surface area contributed by atoms with E-state index in [4.69, 9.17) is 0 Å². The van der Waals surface area contributed by atoms with E-state index in [-0.39, 0.29) is 12.4 Å². The summed E-state index contributed by atoms with van der Waals surface area (Å²) in [4.78, 5) is 0. The fraction of sp³-hybridized carbons (Fsp3) is 0.143. The summed E-state index contributed by atoms with van der Waals surface area (Å²) in [6, 6.07) is 14.0. The molecular formula is C21H18F3N. The maximum absolute atomic E-state index is 14.9. The van der Waals surface area contributed by atoms with Gasteiger partial charge in [-0.1, -0.05) is 30.3 Å². The molecule has 0 bridgehead atoms. The van der Waals surface area contributed by atoms with Crippen LogP contribution < -0.4 is 5.32 Å². The fourth-order valence-corrected chi connectivity index (χ4v) is 2.88. The summed E-state index contributed by atoms with van der Waals surface area (Å²) >= 11 is 0. The monoisotopic (exact) mass is 341 g/mol. The van der Waals surface area contributed by atoms with Crippen molar-refractivity contribution < 1.29 is 13.2 Å². The average molecular weight is 341 g/mol. The molecule has 0 saturated heterocycles. The quantitative estimate of drug-likeness (QED) is 0.614. The summed E-state index contributed by atoms with van der Waals surface area (Å²) in [7, 11) is 0. The van der Waals surface area contributed by atoms with Gasteiger partial charge in [0.15, 0.2) is 0 Å². The van der Waals surface area contributed by atoms with Crippen molar-refractivity contribution in [1.82, 2.24) is 0 Å². The van der Waals surface area contributed by atoms with Crippen molar-refractivity contribution >= 4 is 5.69 Å². The number of nitrogens with one attached hydrogen (secondary N) is 1. The third kappa shape index (κ3) is 3.68. The van der Waals surface area contributed by atoms with E-state index in [0.29, 0.717) is 22.4 Å². The van der Waals surface area contributed by atoms with E-state index >= 15 is 0 Å². The highest BCUT2D eigenvalue weighted by Crippen LogP contribution is 2.28. The van der Waals surface area contributed by atoms with Gasteiger partial charge in [-0.2, -0.15) is 0 Å². The van der Waals surface area contributed by atoms with Gasteiger partial charge in [0.2, 0.25) is 0 Å². The maximum Gasteiger partial charge on any atom is 0.146 e. The van der Waals surface area contributed by atoms with Crippen LogP contribution in [-0.2, 0) is 6.54 Å². The third-order valence-corrected chi connectivity index (χ3v) is 4.11. The molecule has 0 heterocycles. The zero-order valence-corrected chi connectivity index (χ0v) is 14.0. The number of anilines is 1. The first-order valence-corrected chi connectivity index (χ1v) is 7.99. The topological polar surface area (TPSA) is 12.0 Å². The van der Waals surface area contributed by atoms with Crippen molar-refractivity contribution in [3.63, 3.8) is 0 Å². The van der Waals surface area contributed by atoms with Crippen LogP contribution in [0.15, 0.2) is 54.6 Å². The van der Waals surface area contributed by atoms with Crippen LogP contribution in [0.25, 0.3) is 11.1 Å². The van der Waals surface area contributed by atoms with Crippen LogP contribution >= 0.6 is 0 Å². The summed E-state index contributed by atoms with van der Waals surface area (Å²) < 4.78 is 42.3. The van der Waals surface area contributed by atoms with Gasteiger partial charge in [-0.05, 0) is 54.8 Å². The molecule has 1 nitrogen and oxygen atoms in total. The third-order valence-electron chi connectivity index (χ3n) is 4.11. The van der Waals surface area contributed by atoms with Crippen LogP contribution in [0.3, 0.4) is 0 Å². The van der Waals surface area contributed by atoms with Crippen molar-refractivity contribution in [1.29, 1.82) is 0 Å². The second-order valence-electron chi connectivity index (χ2n) is 6.08. The zero-order valence-electron chi connectivity index (χ0n) is 14.0. The maximum atomic E-state index is 14.9. The fourth-order valence-electron chi connectivity index (χ4n) is 2.88. The highest BCUT2D eigenvalue weighted by atomic mass is 19.1. The first-order valence-electron chi connectivity index (χ1n) is 7.99. The molecule has 0 aliphatic carbocycles. The summed E-state index contributed by atoms with van der Waals surface area (Å²) in [5.74, 6) is -1.23. The zero-order chi connectivity index (χ0) is 18.0. The minimum absolute atomic E-state index is 0.137. The number of para-hydroxylation sites is 1. The molecule has 0 spiro atoms. The smallest absolute Gasteiger partial charge is 0.146 e. The van der Waals surface area contributed by atoms with Gasteiger partial charge in [0.1, 0.15) is 17.5 Å². The average Bonchev–Trinajstić information content (AvgIpc) is 2.57. The number of hydrogen-bond acceptors (Lipinski definition) is 1. The lowest BCUT2D eigenvalue weighted by Crippen LogP contribution is -2.06. The molecule has 25 heavy (non-hydrogen) atoms.